The van der Waals surface area contributed by atoms with Crippen LogP contribution in [0.2, 0.25) is 0 Å². The van der Waals surface area contributed by atoms with Gasteiger partial charge in [0.05, 0.1) is 24.5 Å². The largest absolute Gasteiger partial charge is 0.493 e. The van der Waals surface area contributed by atoms with Gasteiger partial charge in [0.25, 0.3) is 0 Å². The SMILES string of the molecule is COc1ccc(C2(C#N)CCC(C(=O)O)CC2)c2c1OCO2. The Morgan fingerprint density at radius 1 is 1.36 bits per heavy atom. The van der Waals surface area contributed by atoms with Gasteiger partial charge in [0.15, 0.2) is 11.5 Å². The number of nitriles is 1. The molecule has 0 aromatic heterocycles. The maximum absolute atomic E-state index is 11.1. The van der Waals surface area contributed by atoms with Crippen molar-refractivity contribution in [2.75, 3.05) is 13.9 Å². The Balaban J connectivity index is 1.98. The van der Waals surface area contributed by atoms with E-state index in [2.05, 4.69) is 6.07 Å². The third-order valence-corrected chi connectivity index (χ3v) is 4.62. The van der Waals surface area contributed by atoms with Gasteiger partial charge >= 0.3 is 5.97 Å². The topological polar surface area (TPSA) is 88.8 Å². The third-order valence-electron chi connectivity index (χ3n) is 4.62. The zero-order chi connectivity index (χ0) is 15.7. The number of hydrogen-bond acceptors (Lipinski definition) is 5. The van der Waals surface area contributed by atoms with Gasteiger partial charge in [-0.05, 0) is 37.8 Å². The summed E-state index contributed by atoms with van der Waals surface area (Å²) in [6.45, 7) is 0.0992. The highest BCUT2D eigenvalue weighted by atomic mass is 16.7. The van der Waals surface area contributed by atoms with E-state index in [1.54, 1.807) is 13.2 Å². The van der Waals surface area contributed by atoms with E-state index >= 15 is 0 Å². The summed E-state index contributed by atoms with van der Waals surface area (Å²) in [4.78, 5) is 11.1. The first-order chi connectivity index (χ1) is 10.6. The van der Waals surface area contributed by atoms with E-state index in [1.807, 2.05) is 6.07 Å². The van der Waals surface area contributed by atoms with Crippen LogP contribution in [0.25, 0.3) is 0 Å². The molecule has 1 aromatic carbocycles. The van der Waals surface area contributed by atoms with E-state index in [0.717, 1.165) is 5.56 Å². The lowest BCUT2D eigenvalue weighted by atomic mass is 9.67. The first-order valence-corrected chi connectivity index (χ1v) is 7.22. The molecule has 6 heteroatoms. The summed E-state index contributed by atoms with van der Waals surface area (Å²) in [5, 5.41) is 18.9. The lowest BCUT2D eigenvalue weighted by Gasteiger charge is -2.34. The van der Waals surface area contributed by atoms with Gasteiger partial charge in [-0.25, -0.2) is 0 Å². The number of carboxylic acids is 1. The lowest BCUT2D eigenvalue weighted by Crippen LogP contribution is -2.33. The molecule has 3 rings (SSSR count). The van der Waals surface area contributed by atoms with E-state index in [-0.39, 0.29) is 12.7 Å². The van der Waals surface area contributed by atoms with E-state index < -0.39 is 11.4 Å². The molecule has 1 aliphatic heterocycles. The normalized spacial score (nSPS) is 26.3. The second-order valence-electron chi connectivity index (χ2n) is 5.69. The first kappa shape index (κ1) is 14.5. The zero-order valence-corrected chi connectivity index (χ0v) is 12.3. The minimum absolute atomic E-state index is 0.0992. The van der Waals surface area contributed by atoms with E-state index in [1.165, 1.54) is 0 Å². The molecule has 22 heavy (non-hydrogen) atoms. The molecule has 0 saturated heterocycles. The fourth-order valence-corrected chi connectivity index (χ4v) is 3.31. The van der Waals surface area contributed by atoms with Crippen LogP contribution >= 0.6 is 0 Å². The lowest BCUT2D eigenvalue weighted by molar-refractivity contribution is -0.143. The quantitative estimate of drug-likeness (QED) is 0.922. The van der Waals surface area contributed by atoms with Gasteiger partial charge in [0.2, 0.25) is 12.5 Å². The fraction of sp³-hybridized carbons (Fsp3) is 0.500. The molecule has 6 nitrogen and oxygen atoms in total. The van der Waals surface area contributed by atoms with Gasteiger partial charge in [-0.1, -0.05) is 0 Å². The van der Waals surface area contributed by atoms with Crippen molar-refractivity contribution in [1.29, 1.82) is 5.26 Å². The van der Waals surface area contributed by atoms with Crippen LogP contribution in [0, 0.1) is 17.2 Å². The molecule has 1 saturated carbocycles. The molecular formula is C16H17NO5. The monoisotopic (exact) mass is 303 g/mol. The summed E-state index contributed by atoms with van der Waals surface area (Å²) in [5.74, 6) is 0.490. The minimum Gasteiger partial charge on any atom is -0.493 e. The molecule has 0 atom stereocenters. The van der Waals surface area contributed by atoms with Gasteiger partial charge < -0.3 is 19.3 Å². The van der Waals surface area contributed by atoms with Crippen LogP contribution in [0.15, 0.2) is 12.1 Å². The van der Waals surface area contributed by atoms with Crippen molar-refractivity contribution in [2.24, 2.45) is 5.92 Å². The summed E-state index contributed by atoms with van der Waals surface area (Å²) in [6, 6.07) is 5.99. The Hall–Kier alpha value is -2.42. The summed E-state index contributed by atoms with van der Waals surface area (Å²) in [6.07, 6.45) is 1.99. The highest BCUT2D eigenvalue weighted by Crippen LogP contribution is 2.51. The van der Waals surface area contributed by atoms with Crippen molar-refractivity contribution in [3.63, 3.8) is 0 Å². The summed E-state index contributed by atoms with van der Waals surface area (Å²) < 4.78 is 16.3. The number of rotatable bonds is 3. The second kappa shape index (κ2) is 5.41. The van der Waals surface area contributed by atoms with Crippen LogP contribution in [0.1, 0.15) is 31.2 Å². The Labute approximate surface area is 128 Å². The molecule has 0 unspecified atom stereocenters. The Morgan fingerprint density at radius 3 is 2.64 bits per heavy atom. The van der Waals surface area contributed by atoms with Crippen molar-refractivity contribution in [1.82, 2.24) is 0 Å². The average molecular weight is 303 g/mol. The number of aliphatic carboxylic acids is 1. The molecule has 0 spiro atoms. The fourth-order valence-electron chi connectivity index (χ4n) is 3.31. The highest BCUT2D eigenvalue weighted by Gasteiger charge is 2.43. The Bertz CT molecular complexity index is 641. The number of carbonyl (C=O) groups is 1. The first-order valence-electron chi connectivity index (χ1n) is 7.22. The summed E-state index contributed by atoms with van der Waals surface area (Å²) in [7, 11) is 1.55. The molecule has 0 radical (unpaired) electrons. The molecule has 1 aliphatic carbocycles. The molecule has 1 N–H and O–H groups in total. The molecule has 116 valence electrons. The second-order valence-corrected chi connectivity index (χ2v) is 5.69. The summed E-state index contributed by atoms with van der Waals surface area (Å²) in [5.41, 5.74) is 0.0443. The van der Waals surface area contributed by atoms with Crippen molar-refractivity contribution in [2.45, 2.75) is 31.1 Å². The Morgan fingerprint density at radius 2 is 2.05 bits per heavy atom. The molecule has 0 bridgehead atoms. The number of benzene rings is 1. The van der Waals surface area contributed by atoms with Crippen LogP contribution in [0.3, 0.4) is 0 Å². The maximum atomic E-state index is 11.1. The number of nitrogens with zero attached hydrogens (tertiary/aromatic N) is 1. The van der Waals surface area contributed by atoms with E-state index in [9.17, 15) is 10.1 Å². The number of carboxylic acid groups (broad SMARTS) is 1. The predicted molar refractivity (Wildman–Crippen MR) is 76.0 cm³/mol. The maximum Gasteiger partial charge on any atom is 0.306 e. The van der Waals surface area contributed by atoms with Gasteiger partial charge in [0.1, 0.15) is 0 Å². The standard InChI is InChI=1S/C16H17NO5/c1-20-12-3-2-11(13-14(12)22-9-21-13)16(8-17)6-4-10(5-7-16)15(18)19/h2-3,10H,4-7,9H2,1H3,(H,18,19). The van der Waals surface area contributed by atoms with E-state index in [4.69, 9.17) is 19.3 Å². The van der Waals surface area contributed by atoms with Gasteiger partial charge in [0, 0.05) is 5.56 Å². The molecule has 1 heterocycles. The molecule has 2 aliphatic rings. The van der Waals surface area contributed by atoms with Crippen LogP contribution in [-0.4, -0.2) is 25.0 Å². The number of hydrogen-bond donors (Lipinski definition) is 1. The number of methoxy groups -OCH3 is 1. The van der Waals surface area contributed by atoms with Crippen LogP contribution in [-0.2, 0) is 10.2 Å². The molecule has 0 amide bonds. The molecule has 1 aromatic rings. The molecule has 1 fully saturated rings. The highest BCUT2D eigenvalue weighted by molar-refractivity contribution is 5.70. The average Bonchev–Trinajstić information content (AvgIpc) is 3.03. The van der Waals surface area contributed by atoms with Gasteiger partial charge in [-0.15, -0.1) is 0 Å². The smallest absolute Gasteiger partial charge is 0.306 e. The van der Waals surface area contributed by atoms with Crippen molar-refractivity contribution < 1.29 is 24.1 Å². The van der Waals surface area contributed by atoms with Crippen LogP contribution in [0.4, 0.5) is 0 Å². The number of ether oxygens (including phenoxy) is 3. The zero-order valence-electron chi connectivity index (χ0n) is 12.3. The van der Waals surface area contributed by atoms with Gasteiger partial charge in [-0.2, -0.15) is 5.26 Å². The Kier molecular flexibility index (Phi) is 3.57. The van der Waals surface area contributed by atoms with Gasteiger partial charge in [-0.3, -0.25) is 4.79 Å². The van der Waals surface area contributed by atoms with E-state index in [0.29, 0.717) is 42.9 Å². The number of fused-ring (bicyclic) bond motifs is 1. The van der Waals surface area contributed by atoms with Crippen LogP contribution < -0.4 is 14.2 Å². The minimum atomic E-state index is -0.786. The van der Waals surface area contributed by atoms with Crippen molar-refractivity contribution in [3.8, 4) is 23.3 Å². The summed E-state index contributed by atoms with van der Waals surface area (Å²) >= 11 is 0. The van der Waals surface area contributed by atoms with Crippen molar-refractivity contribution >= 4 is 5.97 Å². The van der Waals surface area contributed by atoms with Crippen LogP contribution in [0.5, 0.6) is 17.2 Å². The third kappa shape index (κ3) is 2.13. The predicted octanol–water partition coefficient (Wildman–Crippen LogP) is 2.46. The van der Waals surface area contributed by atoms with Crippen molar-refractivity contribution in [3.05, 3.63) is 17.7 Å². The molecular weight excluding hydrogens is 286 g/mol.